The van der Waals surface area contributed by atoms with Crippen LogP contribution < -0.4 is 18.9 Å². The molecule has 30 heavy (non-hydrogen) atoms. The number of fused-ring (bicyclic) bond motifs is 1. The topological polar surface area (TPSA) is 57.2 Å². The van der Waals surface area contributed by atoms with Crippen LogP contribution in [-0.2, 0) is 4.79 Å². The molecule has 6 heteroatoms. The van der Waals surface area contributed by atoms with Gasteiger partial charge in [-0.2, -0.15) is 0 Å². The summed E-state index contributed by atoms with van der Waals surface area (Å²) in [5.41, 5.74) is 2.34. The summed E-state index contributed by atoms with van der Waals surface area (Å²) in [5, 5.41) is 0. The number of nitrogens with zero attached hydrogens (tertiary/aromatic N) is 1. The van der Waals surface area contributed by atoms with Crippen molar-refractivity contribution in [3.05, 3.63) is 47.5 Å². The number of amides is 1. The third-order valence-electron chi connectivity index (χ3n) is 6.53. The molecule has 0 aliphatic carbocycles. The Hall–Kier alpha value is -2.89. The summed E-state index contributed by atoms with van der Waals surface area (Å²) in [6, 6.07) is 12.5. The van der Waals surface area contributed by atoms with Gasteiger partial charge in [0.05, 0.1) is 28.4 Å². The number of benzene rings is 2. The van der Waals surface area contributed by atoms with Crippen molar-refractivity contribution in [3.8, 4) is 23.0 Å². The van der Waals surface area contributed by atoms with Crippen molar-refractivity contribution in [1.82, 2.24) is 4.90 Å². The molecule has 0 aromatic heterocycles. The zero-order valence-corrected chi connectivity index (χ0v) is 18.0. The van der Waals surface area contributed by atoms with Gasteiger partial charge in [-0.15, -0.1) is 0 Å². The first-order valence-corrected chi connectivity index (χ1v) is 10.3. The highest BCUT2D eigenvalue weighted by Gasteiger charge is 2.42. The molecule has 3 unspecified atom stereocenters. The lowest BCUT2D eigenvalue weighted by atomic mass is 9.74. The number of methoxy groups -OCH3 is 4. The van der Waals surface area contributed by atoms with E-state index in [1.54, 1.807) is 28.4 Å². The Morgan fingerprint density at radius 1 is 0.767 bits per heavy atom. The molecule has 0 saturated carbocycles. The number of carbonyl (C=O) groups excluding carboxylic acids is 1. The minimum Gasteiger partial charge on any atom is -0.493 e. The summed E-state index contributed by atoms with van der Waals surface area (Å²) in [5.74, 6) is 3.53. The summed E-state index contributed by atoms with van der Waals surface area (Å²) in [7, 11) is 6.59. The molecule has 0 spiro atoms. The standard InChI is InChI=1S/C24H29NO5/c1-27-20-8-5-15(11-22(20)29-3)18-13-17-7-10-24(26)25(17)14-19(18)16-6-9-21(28-2)23(12-16)30-4/h5-6,8-9,11-12,17-19H,7,10,13-14H2,1-4H3. The lowest BCUT2D eigenvalue weighted by Gasteiger charge is -2.41. The van der Waals surface area contributed by atoms with Crippen molar-refractivity contribution in [2.24, 2.45) is 0 Å². The quantitative estimate of drug-likeness (QED) is 0.720. The van der Waals surface area contributed by atoms with Gasteiger partial charge in [0.1, 0.15) is 0 Å². The van der Waals surface area contributed by atoms with Crippen LogP contribution in [0.2, 0.25) is 0 Å². The van der Waals surface area contributed by atoms with E-state index in [-0.39, 0.29) is 17.7 Å². The van der Waals surface area contributed by atoms with Gasteiger partial charge in [-0.3, -0.25) is 4.79 Å². The van der Waals surface area contributed by atoms with Gasteiger partial charge < -0.3 is 23.8 Å². The minimum absolute atomic E-state index is 0.154. The van der Waals surface area contributed by atoms with E-state index in [4.69, 9.17) is 18.9 Å². The fraction of sp³-hybridized carbons (Fsp3) is 0.458. The van der Waals surface area contributed by atoms with E-state index in [9.17, 15) is 4.79 Å². The molecule has 2 heterocycles. The molecule has 2 aromatic carbocycles. The monoisotopic (exact) mass is 411 g/mol. The molecule has 1 amide bonds. The Morgan fingerprint density at radius 3 is 1.83 bits per heavy atom. The van der Waals surface area contributed by atoms with Gasteiger partial charge in [-0.25, -0.2) is 0 Å². The lowest BCUT2D eigenvalue weighted by Crippen LogP contribution is -2.43. The highest BCUT2D eigenvalue weighted by Crippen LogP contribution is 2.47. The Balaban J connectivity index is 1.75. The van der Waals surface area contributed by atoms with E-state index in [0.717, 1.165) is 29.9 Å². The third kappa shape index (κ3) is 3.55. The number of piperidine rings is 1. The van der Waals surface area contributed by atoms with Crippen LogP contribution in [0.3, 0.4) is 0 Å². The maximum atomic E-state index is 12.5. The summed E-state index contributed by atoms with van der Waals surface area (Å²) >= 11 is 0. The number of ether oxygens (including phenoxy) is 4. The van der Waals surface area contributed by atoms with E-state index < -0.39 is 0 Å². The van der Waals surface area contributed by atoms with Crippen molar-refractivity contribution in [1.29, 1.82) is 0 Å². The fourth-order valence-electron chi connectivity index (χ4n) is 4.96. The van der Waals surface area contributed by atoms with Crippen molar-refractivity contribution >= 4 is 5.91 Å². The summed E-state index contributed by atoms with van der Waals surface area (Å²) in [6.45, 7) is 0.706. The molecule has 4 rings (SSSR count). The van der Waals surface area contributed by atoms with Crippen LogP contribution in [0.25, 0.3) is 0 Å². The Bertz CT molecular complexity index is 928. The zero-order chi connectivity index (χ0) is 21.3. The van der Waals surface area contributed by atoms with Gasteiger partial charge in [-0.1, -0.05) is 12.1 Å². The smallest absolute Gasteiger partial charge is 0.222 e. The normalized spacial score (nSPS) is 23.1. The van der Waals surface area contributed by atoms with Crippen LogP contribution in [-0.4, -0.2) is 51.8 Å². The SMILES string of the molecule is COc1ccc(C2CC3CCC(=O)N3CC2c2ccc(OC)c(OC)c2)cc1OC. The first kappa shape index (κ1) is 20.4. The van der Waals surface area contributed by atoms with Gasteiger partial charge >= 0.3 is 0 Å². The van der Waals surface area contributed by atoms with Gasteiger partial charge in [-0.05, 0) is 54.2 Å². The number of carbonyl (C=O) groups is 1. The molecule has 2 aliphatic rings. The Kier molecular flexibility index (Phi) is 5.75. The first-order chi connectivity index (χ1) is 14.6. The lowest BCUT2D eigenvalue weighted by molar-refractivity contribution is -0.130. The van der Waals surface area contributed by atoms with Gasteiger partial charge in [0.15, 0.2) is 23.0 Å². The maximum absolute atomic E-state index is 12.5. The predicted molar refractivity (Wildman–Crippen MR) is 114 cm³/mol. The van der Waals surface area contributed by atoms with Gasteiger partial charge in [0.25, 0.3) is 0 Å². The number of hydrogen-bond donors (Lipinski definition) is 0. The summed E-state index contributed by atoms with van der Waals surface area (Å²) in [6.07, 6.45) is 2.50. The first-order valence-electron chi connectivity index (χ1n) is 10.3. The van der Waals surface area contributed by atoms with Crippen LogP contribution in [0.5, 0.6) is 23.0 Å². The largest absolute Gasteiger partial charge is 0.493 e. The second-order valence-electron chi connectivity index (χ2n) is 7.92. The van der Waals surface area contributed by atoms with E-state index in [1.165, 1.54) is 5.56 Å². The van der Waals surface area contributed by atoms with Crippen molar-refractivity contribution in [3.63, 3.8) is 0 Å². The van der Waals surface area contributed by atoms with Crippen LogP contribution in [0.15, 0.2) is 36.4 Å². The van der Waals surface area contributed by atoms with Gasteiger partial charge in [0, 0.05) is 24.9 Å². The molecule has 0 bridgehead atoms. The van der Waals surface area contributed by atoms with Crippen LogP contribution in [0.4, 0.5) is 0 Å². The van der Waals surface area contributed by atoms with E-state index in [0.29, 0.717) is 30.5 Å². The van der Waals surface area contributed by atoms with Crippen molar-refractivity contribution < 1.29 is 23.7 Å². The van der Waals surface area contributed by atoms with Crippen LogP contribution in [0, 0.1) is 0 Å². The van der Waals surface area contributed by atoms with E-state index in [1.807, 2.05) is 18.2 Å². The number of hydrogen-bond acceptors (Lipinski definition) is 5. The van der Waals surface area contributed by atoms with Gasteiger partial charge in [0.2, 0.25) is 5.91 Å². The van der Waals surface area contributed by atoms with E-state index >= 15 is 0 Å². The predicted octanol–water partition coefficient (Wildman–Crippen LogP) is 3.98. The summed E-state index contributed by atoms with van der Waals surface area (Å²) < 4.78 is 21.9. The molecule has 2 saturated heterocycles. The second-order valence-corrected chi connectivity index (χ2v) is 7.92. The Labute approximate surface area is 177 Å². The highest BCUT2D eigenvalue weighted by atomic mass is 16.5. The third-order valence-corrected chi connectivity index (χ3v) is 6.53. The highest BCUT2D eigenvalue weighted by molar-refractivity contribution is 5.79. The average molecular weight is 411 g/mol. The molecule has 6 nitrogen and oxygen atoms in total. The summed E-state index contributed by atoms with van der Waals surface area (Å²) in [4.78, 5) is 14.5. The number of rotatable bonds is 6. The van der Waals surface area contributed by atoms with Crippen molar-refractivity contribution in [2.75, 3.05) is 35.0 Å². The second kappa shape index (κ2) is 8.46. The molecule has 160 valence electrons. The van der Waals surface area contributed by atoms with Crippen LogP contribution >= 0.6 is 0 Å². The molecule has 2 aromatic rings. The molecule has 2 fully saturated rings. The molecule has 2 aliphatic heterocycles. The molecule has 3 atom stereocenters. The molecular formula is C24H29NO5. The van der Waals surface area contributed by atoms with Crippen molar-refractivity contribution in [2.45, 2.75) is 37.1 Å². The maximum Gasteiger partial charge on any atom is 0.222 e. The molecule has 0 radical (unpaired) electrons. The zero-order valence-electron chi connectivity index (χ0n) is 18.0. The van der Waals surface area contributed by atoms with E-state index in [2.05, 4.69) is 23.1 Å². The molecule has 0 N–H and O–H groups in total. The molecular weight excluding hydrogens is 382 g/mol. The van der Waals surface area contributed by atoms with Crippen LogP contribution in [0.1, 0.15) is 42.2 Å². The minimum atomic E-state index is 0.154. The fourth-order valence-corrected chi connectivity index (χ4v) is 4.96. The Morgan fingerprint density at radius 2 is 1.30 bits per heavy atom. The average Bonchev–Trinajstić information content (AvgIpc) is 3.16.